The number of benzene rings is 1. The molecule has 0 amide bonds. The molecule has 0 atom stereocenters. The minimum atomic E-state index is -4.36. The lowest BCUT2D eigenvalue weighted by Gasteiger charge is -2.07. The van der Waals surface area contributed by atoms with Crippen molar-refractivity contribution in [2.24, 2.45) is 0 Å². The van der Waals surface area contributed by atoms with E-state index >= 15 is 0 Å². The Balaban J connectivity index is 3.03. The van der Waals surface area contributed by atoms with Crippen molar-refractivity contribution in [1.82, 2.24) is 0 Å². The van der Waals surface area contributed by atoms with Gasteiger partial charge in [0.05, 0.1) is 18.1 Å². The summed E-state index contributed by atoms with van der Waals surface area (Å²) in [5.41, 5.74) is -0.298. The number of nitriles is 1. The van der Waals surface area contributed by atoms with Gasteiger partial charge in [-0.25, -0.2) is 0 Å². The third-order valence-electron chi connectivity index (χ3n) is 1.69. The molecular weight excluding hydrogens is 283 g/mol. The minimum Gasteiger partial charge on any atom is -0.197 e. The highest BCUT2D eigenvalue weighted by Gasteiger charge is 2.30. The SMILES string of the molecule is N#CCC#Cc1ccc(C(F)(F)F)cc1Br. The predicted molar refractivity (Wildman–Crippen MR) is 56.3 cm³/mol. The molecule has 1 rings (SSSR count). The molecule has 0 aliphatic carbocycles. The normalized spacial score (nSPS) is 10.2. The maximum atomic E-state index is 12.3. The van der Waals surface area contributed by atoms with Crippen molar-refractivity contribution in [1.29, 1.82) is 5.26 Å². The fourth-order valence-electron chi connectivity index (χ4n) is 0.972. The van der Waals surface area contributed by atoms with E-state index in [2.05, 4.69) is 27.8 Å². The van der Waals surface area contributed by atoms with E-state index in [1.54, 1.807) is 0 Å². The second-order valence-corrected chi connectivity index (χ2v) is 3.68. The molecule has 82 valence electrons. The Morgan fingerprint density at radius 2 is 2.00 bits per heavy atom. The van der Waals surface area contributed by atoms with Crippen LogP contribution in [0, 0.1) is 23.2 Å². The summed E-state index contributed by atoms with van der Waals surface area (Å²) in [5.74, 6) is 5.13. The third-order valence-corrected chi connectivity index (χ3v) is 2.34. The van der Waals surface area contributed by atoms with Gasteiger partial charge >= 0.3 is 6.18 Å². The van der Waals surface area contributed by atoms with Crippen LogP contribution in [0.1, 0.15) is 17.5 Å². The van der Waals surface area contributed by atoms with Gasteiger partial charge in [-0.05, 0) is 34.1 Å². The topological polar surface area (TPSA) is 23.8 Å². The maximum Gasteiger partial charge on any atom is 0.416 e. The summed E-state index contributed by atoms with van der Waals surface area (Å²) in [6.45, 7) is 0. The van der Waals surface area contributed by atoms with Gasteiger partial charge in [0, 0.05) is 10.0 Å². The van der Waals surface area contributed by atoms with Crippen molar-refractivity contribution in [3.63, 3.8) is 0 Å². The van der Waals surface area contributed by atoms with Crippen molar-refractivity contribution in [2.75, 3.05) is 0 Å². The second kappa shape index (κ2) is 5.05. The predicted octanol–water partition coefficient (Wildman–Crippen LogP) is 3.73. The number of hydrogen-bond donors (Lipinski definition) is 0. The van der Waals surface area contributed by atoms with Crippen molar-refractivity contribution in [3.8, 4) is 17.9 Å². The molecule has 0 bridgehead atoms. The highest BCUT2D eigenvalue weighted by molar-refractivity contribution is 9.10. The van der Waals surface area contributed by atoms with Crippen LogP contribution < -0.4 is 0 Å². The largest absolute Gasteiger partial charge is 0.416 e. The molecule has 0 aliphatic rings. The molecule has 5 heteroatoms. The first-order valence-corrected chi connectivity index (χ1v) is 4.97. The van der Waals surface area contributed by atoms with Crippen LogP contribution in [-0.4, -0.2) is 0 Å². The lowest BCUT2D eigenvalue weighted by molar-refractivity contribution is -0.137. The standard InChI is InChI=1S/C11H5BrF3N/c12-10-7-9(11(13,14)15)5-4-8(10)3-1-2-6-16/h4-5,7H,2H2. The molecule has 1 aromatic carbocycles. The van der Waals surface area contributed by atoms with Crippen molar-refractivity contribution in [2.45, 2.75) is 12.6 Å². The van der Waals surface area contributed by atoms with E-state index in [-0.39, 0.29) is 10.9 Å². The fraction of sp³-hybridized carbons (Fsp3) is 0.182. The molecule has 0 aliphatic heterocycles. The van der Waals surface area contributed by atoms with Gasteiger partial charge in [-0.2, -0.15) is 18.4 Å². The van der Waals surface area contributed by atoms with Crippen molar-refractivity contribution in [3.05, 3.63) is 33.8 Å². The Kier molecular flexibility index (Phi) is 3.98. The van der Waals surface area contributed by atoms with Crippen LogP contribution in [-0.2, 0) is 6.18 Å². The van der Waals surface area contributed by atoms with Crippen LogP contribution in [0.15, 0.2) is 22.7 Å². The Morgan fingerprint density at radius 1 is 1.31 bits per heavy atom. The van der Waals surface area contributed by atoms with Gasteiger partial charge in [0.25, 0.3) is 0 Å². The zero-order chi connectivity index (χ0) is 12.2. The molecule has 0 fully saturated rings. The summed E-state index contributed by atoms with van der Waals surface area (Å²) in [4.78, 5) is 0. The second-order valence-electron chi connectivity index (χ2n) is 2.83. The highest BCUT2D eigenvalue weighted by Crippen LogP contribution is 2.31. The molecule has 0 spiro atoms. The van der Waals surface area contributed by atoms with E-state index in [0.717, 1.165) is 12.1 Å². The van der Waals surface area contributed by atoms with Gasteiger partial charge in [0.15, 0.2) is 0 Å². The Labute approximate surface area is 99.0 Å². The smallest absolute Gasteiger partial charge is 0.197 e. The monoisotopic (exact) mass is 287 g/mol. The molecule has 0 radical (unpaired) electrons. The van der Waals surface area contributed by atoms with Crippen LogP contribution in [0.5, 0.6) is 0 Å². The molecular formula is C11H5BrF3N. The van der Waals surface area contributed by atoms with Crippen molar-refractivity contribution < 1.29 is 13.2 Å². The average Bonchev–Trinajstić information content (AvgIpc) is 2.19. The maximum absolute atomic E-state index is 12.3. The number of alkyl halides is 3. The van der Waals surface area contributed by atoms with E-state index in [1.807, 2.05) is 6.07 Å². The van der Waals surface area contributed by atoms with E-state index in [1.165, 1.54) is 6.07 Å². The van der Waals surface area contributed by atoms with E-state index in [4.69, 9.17) is 5.26 Å². The van der Waals surface area contributed by atoms with Gasteiger partial charge < -0.3 is 0 Å². The van der Waals surface area contributed by atoms with Gasteiger partial charge in [-0.1, -0.05) is 11.8 Å². The quantitative estimate of drug-likeness (QED) is 0.667. The molecule has 0 heterocycles. The third kappa shape index (κ3) is 3.29. The molecule has 1 nitrogen and oxygen atoms in total. The summed E-state index contributed by atoms with van der Waals surface area (Å²) in [5, 5.41) is 8.25. The number of rotatable bonds is 0. The Bertz CT molecular complexity index is 489. The van der Waals surface area contributed by atoms with E-state index < -0.39 is 11.7 Å². The average molecular weight is 288 g/mol. The number of hydrogen-bond acceptors (Lipinski definition) is 1. The van der Waals surface area contributed by atoms with Crippen LogP contribution >= 0.6 is 15.9 Å². The first-order chi connectivity index (χ1) is 7.45. The first kappa shape index (κ1) is 12.6. The summed E-state index contributed by atoms with van der Waals surface area (Å²) >= 11 is 3.01. The summed E-state index contributed by atoms with van der Waals surface area (Å²) in [6.07, 6.45) is -4.31. The summed E-state index contributed by atoms with van der Waals surface area (Å²) < 4.78 is 37.2. The lowest BCUT2D eigenvalue weighted by Crippen LogP contribution is -2.04. The van der Waals surface area contributed by atoms with Crippen LogP contribution in [0.3, 0.4) is 0 Å². The Morgan fingerprint density at radius 3 is 2.50 bits per heavy atom. The van der Waals surface area contributed by atoms with Gasteiger partial charge in [-0.15, -0.1) is 0 Å². The zero-order valence-electron chi connectivity index (χ0n) is 7.90. The van der Waals surface area contributed by atoms with E-state index in [0.29, 0.717) is 5.56 Å². The highest BCUT2D eigenvalue weighted by atomic mass is 79.9. The van der Waals surface area contributed by atoms with Gasteiger partial charge in [-0.3, -0.25) is 0 Å². The molecule has 16 heavy (non-hydrogen) atoms. The molecule has 0 saturated heterocycles. The van der Waals surface area contributed by atoms with E-state index in [9.17, 15) is 13.2 Å². The van der Waals surface area contributed by atoms with Gasteiger partial charge in [0.2, 0.25) is 0 Å². The zero-order valence-corrected chi connectivity index (χ0v) is 9.48. The van der Waals surface area contributed by atoms with Gasteiger partial charge in [0.1, 0.15) is 0 Å². The molecule has 0 unspecified atom stereocenters. The van der Waals surface area contributed by atoms with Crippen molar-refractivity contribution >= 4 is 15.9 Å². The van der Waals surface area contributed by atoms with Crippen LogP contribution in [0.4, 0.5) is 13.2 Å². The summed E-state index contributed by atoms with van der Waals surface area (Å²) in [7, 11) is 0. The molecule has 1 aromatic rings. The van der Waals surface area contributed by atoms with Crippen LogP contribution in [0.25, 0.3) is 0 Å². The molecule has 0 N–H and O–H groups in total. The Hall–Kier alpha value is -1.46. The van der Waals surface area contributed by atoms with Crippen LogP contribution in [0.2, 0.25) is 0 Å². The molecule has 0 saturated carbocycles. The molecule has 0 aromatic heterocycles. The first-order valence-electron chi connectivity index (χ1n) is 4.17. The lowest BCUT2D eigenvalue weighted by atomic mass is 10.1. The number of nitrogens with zero attached hydrogens (tertiary/aromatic N) is 1. The fourth-order valence-corrected chi connectivity index (χ4v) is 1.45. The number of halogens is 4. The summed E-state index contributed by atoms with van der Waals surface area (Å²) in [6, 6.07) is 5.03. The minimum absolute atomic E-state index is 0.0491.